The van der Waals surface area contributed by atoms with Crippen molar-refractivity contribution < 1.29 is 14.0 Å². The van der Waals surface area contributed by atoms with E-state index in [9.17, 15) is 9.59 Å². The van der Waals surface area contributed by atoms with Crippen LogP contribution in [0, 0.1) is 19.3 Å². The maximum Gasteiger partial charge on any atom is 0.226 e. The molecule has 3 rings (SSSR count). The van der Waals surface area contributed by atoms with Crippen LogP contribution in [-0.4, -0.2) is 16.8 Å². The molecule has 1 aliphatic rings. The highest BCUT2D eigenvalue weighted by Gasteiger charge is 2.36. The normalized spacial score (nSPS) is 16.1. The van der Waals surface area contributed by atoms with E-state index in [1.54, 1.807) is 6.20 Å². The highest BCUT2D eigenvalue weighted by molar-refractivity contribution is 7.13. The van der Waals surface area contributed by atoms with E-state index in [2.05, 4.69) is 15.6 Å². The number of anilines is 1. The van der Waals surface area contributed by atoms with Crippen LogP contribution in [-0.2, 0) is 16.1 Å². The van der Waals surface area contributed by atoms with Gasteiger partial charge >= 0.3 is 0 Å². The number of nitrogens with one attached hydrogen (secondary N) is 2. The van der Waals surface area contributed by atoms with Crippen LogP contribution in [0.15, 0.2) is 22.1 Å². The molecule has 7 heteroatoms. The van der Waals surface area contributed by atoms with Crippen molar-refractivity contribution in [3.8, 4) is 0 Å². The zero-order valence-corrected chi connectivity index (χ0v) is 16.8. The summed E-state index contributed by atoms with van der Waals surface area (Å²) in [6.07, 6.45) is 7.55. The molecule has 2 aromatic heterocycles. The van der Waals surface area contributed by atoms with Crippen LogP contribution in [0.5, 0.6) is 0 Å². The van der Waals surface area contributed by atoms with E-state index in [0.717, 1.165) is 42.8 Å². The molecule has 1 saturated carbocycles. The largest absolute Gasteiger partial charge is 0.466 e. The smallest absolute Gasteiger partial charge is 0.226 e. The Bertz CT molecular complexity index is 777. The molecule has 1 aliphatic carbocycles. The Morgan fingerprint density at radius 2 is 1.93 bits per heavy atom. The number of amides is 2. The molecule has 0 atom stereocenters. The molecule has 146 valence electrons. The molecule has 0 saturated heterocycles. The van der Waals surface area contributed by atoms with Gasteiger partial charge in [0.2, 0.25) is 11.8 Å². The fourth-order valence-electron chi connectivity index (χ4n) is 3.96. The second-order valence-electron chi connectivity index (χ2n) is 7.51. The zero-order valence-electron chi connectivity index (χ0n) is 16.0. The zero-order chi connectivity index (χ0) is 19.3. The SMILES string of the molecule is Cc1cc(CNC(=O)CC2(CC(=O)Nc3nccs3)CCCCC2)c(C)o1. The van der Waals surface area contributed by atoms with Gasteiger partial charge in [-0.25, -0.2) is 4.98 Å². The summed E-state index contributed by atoms with van der Waals surface area (Å²) in [6.45, 7) is 4.26. The van der Waals surface area contributed by atoms with Crippen molar-refractivity contribution in [2.24, 2.45) is 5.41 Å². The number of hydrogen-bond acceptors (Lipinski definition) is 5. The fourth-order valence-corrected chi connectivity index (χ4v) is 4.51. The van der Waals surface area contributed by atoms with Gasteiger partial charge in [-0.3, -0.25) is 9.59 Å². The summed E-state index contributed by atoms with van der Waals surface area (Å²) in [4.78, 5) is 29.2. The van der Waals surface area contributed by atoms with Gasteiger partial charge in [0, 0.05) is 36.5 Å². The topological polar surface area (TPSA) is 84.2 Å². The van der Waals surface area contributed by atoms with Crippen molar-refractivity contribution in [1.29, 1.82) is 0 Å². The van der Waals surface area contributed by atoms with Crippen LogP contribution in [0.4, 0.5) is 5.13 Å². The number of nitrogens with zero attached hydrogens (tertiary/aromatic N) is 1. The van der Waals surface area contributed by atoms with E-state index in [1.807, 2.05) is 25.3 Å². The lowest BCUT2D eigenvalue weighted by atomic mass is 9.69. The molecule has 0 aromatic carbocycles. The lowest BCUT2D eigenvalue weighted by molar-refractivity contribution is -0.126. The monoisotopic (exact) mass is 389 g/mol. The van der Waals surface area contributed by atoms with Gasteiger partial charge in [-0.1, -0.05) is 19.3 Å². The molecule has 2 heterocycles. The Kier molecular flexibility index (Phi) is 6.31. The highest BCUT2D eigenvalue weighted by Crippen LogP contribution is 2.42. The lowest BCUT2D eigenvalue weighted by Crippen LogP contribution is -2.36. The predicted molar refractivity (Wildman–Crippen MR) is 106 cm³/mol. The number of hydrogen-bond donors (Lipinski definition) is 2. The van der Waals surface area contributed by atoms with Gasteiger partial charge in [0.05, 0.1) is 0 Å². The van der Waals surface area contributed by atoms with Gasteiger partial charge in [-0.15, -0.1) is 11.3 Å². The summed E-state index contributed by atoms with van der Waals surface area (Å²) in [5.74, 6) is 1.63. The third-order valence-electron chi connectivity index (χ3n) is 5.28. The third kappa shape index (κ3) is 5.42. The molecule has 0 aliphatic heterocycles. The molecule has 0 radical (unpaired) electrons. The van der Waals surface area contributed by atoms with E-state index in [1.165, 1.54) is 17.8 Å². The van der Waals surface area contributed by atoms with E-state index in [4.69, 9.17) is 4.42 Å². The van der Waals surface area contributed by atoms with Gasteiger partial charge in [-0.2, -0.15) is 0 Å². The molecule has 2 aromatic rings. The minimum absolute atomic E-state index is 0.00259. The molecule has 0 spiro atoms. The summed E-state index contributed by atoms with van der Waals surface area (Å²) in [5, 5.41) is 8.31. The van der Waals surface area contributed by atoms with Crippen LogP contribution in [0.3, 0.4) is 0 Å². The minimum Gasteiger partial charge on any atom is -0.466 e. The summed E-state index contributed by atoms with van der Waals surface area (Å²) < 4.78 is 5.51. The van der Waals surface area contributed by atoms with E-state index >= 15 is 0 Å². The summed E-state index contributed by atoms with van der Waals surface area (Å²) >= 11 is 1.40. The first-order chi connectivity index (χ1) is 13.0. The number of furan rings is 1. The van der Waals surface area contributed by atoms with Crippen LogP contribution in [0.25, 0.3) is 0 Å². The van der Waals surface area contributed by atoms with Gasteiger partial charge < -0.3 is 15.1 Å². The summed E-state index contributed by atoms with van der Waals surface area (Å²) in [6, 6.07) is 1.95. The average Bonchev–Trinajstić information content (AvgIpc) is 3.22. The Labute approximate surface area is 163 Å². The molecule has 27 heavy (non-hydrogen) atoms. The Morgan fingerprint density at radius 3 is 2.56 bits per heavy atom. The lowest BCUT2D eigenvalue weighted by Gasteiger charge is -2.36. The first-order valence-corrected chi connectivity index (χ1v) is 10.4. The number of carbonyl (C=O) groups is 2. The quantitative estimate of drug-likeness (QED) is 0.738. The van der Waals surface area contributed by atoms with E-state index < -0.39 is 0 Å². The number of rotatable bonds is 7. The fraction of sp³-hybridized carbons (Fsp3) is 0.550. The maximum atomic E-state index is 12.6. The molecule has 2 amide bonds. The molecule has 6 nitrogen and oxygen atoms in total. The van der Waals surface area contributed by atoms with E-state index in [0.29, 0.717) is 24.5 Å². The standard InChI is InChI=1S/C20H27N3O3S/c1-14-10-16(15(2)26-14)13-22-17(24)11-20(6-4-3-5-7-20)12-18(25)23-19-21-8-9-27-19/h8-10H,3-7,11-13H2,1-2H3,(H,22,24)(H,21,23,25). The van der Waals surface area contributed by atoms with Crippen molar-refractivity contribution in [1.82, 2.24) is 10.3 Å². The number of carbonyl (C=O) groups excluding carboxylic acids is 2. The molecular formula is C20H27N3O3S. The van der Waals surface area contributed by atoms with Gasteiger partial charge in [0.1, 0.15) is 11.5 Å². The van der Waals surface area contributed by atoms with Gasteiger partial charge in [0.25, 0.3) is 0 Å². The van der Waals surface area contributed by atoms with E-state index in [-0.39, 0.29) is 17.2 Å². The van der Waals surface area contributed by atoms with Crippen molar-refractivity contribution in [3.05, 3.63) is 34.7 Å². The first kappa shape index (κ1) is 19.6. The van der Waals surface area contributed by atoms with Crippen molar-refractivity contribution in [2.75, 3.05) is 5.32 Å². The van der Waals surface area contributed by atoms with Crippen LogP contribution in [0.1, 0.15) is 62.0 Å². The van der Waals surface area contributed by atoms with Gasteiger partial charge in [0.15, 0.2) is 5.13 Å². The number of aromatic nitrogens is 1. The number of thiazole rings is 1. The van der Waals surface area contributed by atoms with Crippen LogP contribution >= 0.6 is 11.3 Å². The highest BCUT2D eigenvalue weighted by atomic mass is 32.1. The van der Waals surface area contributed by atoms with Crippen LogP contribution in [0.2, 0.25) is 0 Å². The Hall–Kier alpha value is -2.15. The number of aryl methyl sites for hydroxylation is 2. The molecule has 0 bridgehead atoms. The Balaban J connectivity index is 1.58. The molecule has 1 fully saturated rings. The molecular weight excluding hydrogens is 362 g/mol. The third-order valence-corrected chi connectivity index (χ3v) is 5.97. The minimum atomic E-state index is -0.259. The van der Waals surface area contributed by atoms with Crippen LogP contribution < -0.4 is 10.6 Å². The Morgan fingerprint density at radius 1 is 1.19 bits per heavy atom. The second kappa shape index (κ2) is 8.69. The summed E-state index contributed by atoms with van der Waals surface area (Å²) in [5.41, 5.74) is 0.741. The first-order valence-electron chi connectivity index (χ1n) is 9.48. The molecule has 2 N–H and O–H groups in total. The maximum absolute atomic E-state index is 12.6. The average molecular weight is 390 g/mol. The summed E-state index contributed by atoms with van der Waals surface area (Å²) in [7, 11) is 0. The second-order valence-corrected chi connectivity index (χ2v) is 8.41. The van der Waals surface area contributed by atoms with Crippen molar-refractivity contribution in [3.63, 3.8) is 0 Å². The van der Waals surface area contributed by atoms with Crippen molar-refractivity contribution in [2.45, 2.75) is 65.3 Å². The van der Waals surface area contributed by atoms with Gasteiger partial charge in [-0.05, 0) is 38.2 Å². The van der Waals surface area contributed by atoms with Crippen molar-refractivity contribution >= 4 is 28.3 Å². The predicted octanol–water partition coefficient (Wildman–Crippen LogP) is 4.34. The molecule has 0 unspecified atom stereocenters.